The van der Waals surface area contributed by atoms with Crippen LogP contribution in [0.15, 0.2) is 0 Å². The molecule has 16 heavy (non-hydrogen) atoms. The highest BCUT2D eigenvalue weighted by Gasteiger charge is 2.32. The molecule has 3 N–H and O–H groups in total. The quantitative estimate of drug-likeness (QED) is 0.796. The Balaban J connectivity index is 0. The molecule has 0 aliphatic heterocycles. The third-order valence-electron chi connectivity index (χ3n) is 2.41. The number of hydrogen-bond acceptors (Lipinski definition) is 2. The van der Waals surface area contributed by atoms with E-state index in [1.807, 2.05) is 13.8 Å². The lowest BCUT2D eigenvalue weighted by Gasteiger charge is -2.26. The van der Waals surface area contributed by atoms with Gasteiger partial charge in [0.2, 0.25) is 5.91 Å². The molecule has 0 bridgehead atoms. The molecule has 0 aliphatic carbocycles. The number of rotatable bonds is 5. The normalized spacial score (nSPS) is 11.9. The van der Waals surface area contributed by atoms with Crippen molar-refractivity contribution < 1.29 is 18.0 Å². The van der Waals surface area contributed by atoms with E-state index in [-0.39, 0.29) is 19.0 Å². The first-order chi connectivity index (χ1) is 6.72. The summed E-state index contributed by atoms with van der Waals surface area (Å²) in [7, 11) is 0. The van der Waals surface area contributed by atoms with Crippen molar-refractivity contribution in [1.82, 2.24) is 5.32 Å². The first-order valence-electron chi connectivity index (χ1n) is 4.85. The highest BCUT2D eigenvalue weighted by atomic mass is 35.5. The fourth-order valence-electron chi connectivity index (χ4n) is 1.02. The third kappa shape index (κ3) is 7.76. The highest BCUT2D eigenvalue weighted by molar-refractivity contribution is 5.85. The number of amides is 1. The van der Waals surface area contributed by atoms with E-state index in [0.29, 0.717) is 12.8 Å². The zero-order valence-corrected chi connectivity index (χ0v) is 10.2. The summed E-state index contributed by atoms with van der Waals surface area (Å²) in [5.41, 5.74) is 5.20. The van der Waals surface area contributed by atoms with E-state index in [0.717, 1.165) is 0 Å². The molecule has 0 rings (SSSR count). The van der Waals surface area contributed by atoms with Gasteiger partial charge in [-0.2, -0.15) is 13.2 Å². The summed E-state index contributed by atoms with van der Waals surface area (Å²) in [4.78, 5) is 10.9. The molecule has 7 heteroatoms. The molecule has 0 saturated carbocycles. The van der Waals surface area contributed by atoms with Crippen LogP contribution in [0.1, 0.15) is 33.1 Å². The summed E-state index contributed by atoms with van der Waals surface area (Å²) in [5.74, 6) is -1.03. The van der Waals surface area contributed by atoms with Crippen molar-refractivity contribution >= 4 is 18.3 Å². The number of hydrogen-bond donors (Lipinski definition) is 2. The van der Waals surface area contributed by atoms with Crippen LogP contribution in [0.25, 0.3) is 0 Å². The molecule has 1 amide bonds. The first kappa shape index (κ1) is 17.9. The van der Waals surface area contributed by atoms with Gasteiger partial charge in [-0.3, -0.25) is 4.79 Å². The van der Waals surface area contributed by atoms with Gasteiger partial charge in [0.15, 0.2) is 0 Å². The van der Waals surface area contributed by atoms with E-state index in [9.17, 15) is 18.0 Å². The molecule has 0 radical (unpaired) electrons. The Labute approximate surface area is 99.4 Å². The molecular formula is C9H18ClF3N2O. The van der Waals surface area contributed by atoms with Gasteiger partial charge in [-0.15, -0.1) is 12.4 Å². The molecule has 0 aromatic rings. The lowest BCUT2D eigenvalue weighted by Crippen LogP contribution is -2.49. The van der Waals surface area contributed by atoms with Crippen LogP contribution in [-0.4, -0.2) is 24.2 Å². The molecule has 0 heterocycles. The molecule has 3 nitrogen and oxygen atoms in total. The van der Waals surface area contributed by atoms with Crippen molar-refractivity contribution in [2.24, 2.45) is 5.73 Å². The van der Waals surface area contributed by atoms with Crippen molar-refractivity contribution in [1.29, 1.82) is 0 Å². The lowest BCUT2D eigenvalue weighted by molar-refractivity contribution is -0.153. The summed E-state index contributed by atoms with van der Waals surface area (Å²) in [6.45, 7) is 3.74. The van der Waals surface area contributed by atoms with Gasteiger partial charge in [0.05, 0.1) is 0 Å². The minimum absolute atomic E-state index is 0. The maximum Gasteiger partial charge on any atom is 0.397 e. The zero-order chi connectivity index (χ0) is 12.1. The van der Waals surface area contributed by atoms with E-state index < -0.39 is 24.0 Å². The molecule has 0 aromatic carbocycles. The Bertz CT molecular complexity index is 217. The van der Waals surface area contributed by atoms with Gasteiger partial charge < -0.3 is 11.1 Å². The van der Waals surface area contributed by atoms with Crippen molar-refractivity contribution in [2.45, 2.75) is 44.8 Å². The maximum atomic E-state index is 11.8. The van der Waals surface area contributed by atoms with E-state index in [1.165, 1.54) is 0 Å². The van der Waals surface area contributed by atoms with E-state index in [4.69, 9.17) is 5.73 Å². The molecule has 0 fully saturated rings. The van der Waals surface area contributed by atoms with Crippen LogP contribution >= 0.6 is 12.4 Å². The molecule has 0 unspecified atom stereocenters. The van der Waals surface area contributed by atoms with Crippen LogP contribution in [0.3, 0.4) is 0 Å². The summed E-state index contributed by atoms with van der Waals surface area (Å²) in [5, 5.41) is 2.20. The highest BCUT2D eigenvalue weighted by Crippen LogP contribution is 2.19. The molecular weight excluding hydrogens is 245 g/mol. The van der Waals surface area contributed by atoms with Gasteiger partial charge in [-0.25, -0.2) is 0 Å². The molecule has 0 aromatic heterocycles. The van der Waals surface area contributed by atoms with Crippen LogP contribution in [0, 0.1) is 0 Å². The average molecular weight is 263 g/mol. The van der Waals surface area contributed by atoms with Crippen LogP contribution in [-0.2, 0) is 4.79 Å². The van der Waals surface area contributed by atoms with Crippen LogP contribution in [0.4, 0.5) is 13.2 Å². The zero-order valence-electron chi connectivity index (χ0n) is 9.36. The largest absolute Gasteiger partial charge is 0.397 e. The Morgan fingerprint density at radius 1 is 1.25 bits per heavy atom. The maximum absolute atomic E-state index is 11.8. The second-order valence-electron chi connectivity index (χ2n) is 3.64. The number of halogens is 4. The predicted octanol–water partition coefficient (Wildman–Crippen LogP) is 1.99. The van der Waals surface area contributed by atoms with Gasteiger partial charge in [0, 0.05) is 12.1 Å². The monoisotopic (exact) mass is 262 g/mol. The van der Waals surface area contributed by atoms with E-state index in [2.05, 4.69) is 5.32 Å². The second-order valence-corrected chi connectivity index (χ2v) is 3.64. The van der Waals surface area contributed by atoms with E-state index in [1.54, 1.807) is 0 Å². The predicted molar refractivity (Wildman–Crippen MR) is 58.4 cm³/mol. The number of carbonyl (C=O) groups excluding carboxylic acids is 1. The summed E-state index contributed by atoms with van der Waals surface area (Å²) >= 11 is 0. The molecule has 98 valence electrons. The second kappa shape index (κ2) is 6.96. The average Bonchev–Trinajstić information content (AvgIpc) is 2.12. The summed E-state index contributed by atoms with van der Waals surface area (Å²) in [6, 6.07) is 0. The van der Waals surface area contributed by atoms with Crippen LogP contribution in [0.2, 0.25) is 0 Å². The molecule has 0 saturated heterocycles. The number of carbonyl (C=O) groups is 1. The molecule has 0 spiro atoms. The van der Waals surface area contributed by atoms with Gasteiger partial charge >= 0.3 is 6.18 Å². The van der Waals surface area contributed by atoms with Gasteiger partial charge in [-0.05, 0) is 12.8 Å². The Morgan fingerprint density at radius 3 is 2.00 bits per heavy atom. The van der Waals surface area contributed by atoms with E-state index >= 15 is 0 Å². The first-order valence-corrected chi connectivity index (χ1v) is 4.85. The van der Waals surface area contributed by atoms with Crippen molar-refractivity contribution in [3.8, 4) is 0 Å². The fraction of sp³-hybridized carbons (Fsp3) is 0.889. The smallest absolute Gasteiger partial charge is 0.354 e. The Morgan fingerprint density at radius 2 is 1.69 bits per heavy atom. The topological polar surface area (TPSA) is 55.1 Å². The summed E-state index contributed by atoms with van der Waals surface area (Å²) in [6.07, 6.45) is -4.69. The van der Waals surface area contributed by atoms with Crippen LogP contribution < -0.4 is 11.1 Å². The number of nitrogens with two attached hydrogens (primary N) is 1. The molecule has 0 atom stereocenters. The van der Waals surface area contributed by atoms with Crippen molar-refractivity contribution in [2.75, 3.05) is 6.54 Å². The van der Waals surface area contributed by atoms with Crippen LogP contribution in [0.5, 0.6) is 0 Å². The van der Waals surface area contributed by atoms with Gasteiger partial charge in [0.25, 0.3) is 0 Å². The SMILES string of the molecule is CCC(N)(CC)CNC(=O)CC(F)(F)F.Cl. The number of alkyl halides is 3. The minimum atomic E-state index is -4.46. The fourth-order valence-corrected chi connectivity index (χ4v) is 1.02. The number of nitrogens with one attached hydrogen (secondary N) is 1. The molecule has 0 aliphatic rings. The minimum Gasteiger partial charge on any atom is -0.354 e. The van der Waals surface area contributed by atoms with Gasteiger partial charge in [-0.1, -0.05) is 13.8 Å². The van der Waals surface area contributed by atoms with Gasteiger partial charge in [0.1, 0.15) is 6.42 Å². The van der Waals surface area contributed by atoms with Crippen molar-refractivity contribution in [3.05, 3.63) is 0 Å². The standard InChI is InChI=1S/C9H17F3N2O.ClH/c1-3-8(13,4-2)6-14-7(15)5-9(10,11)12;/h3-6,13H2,1-2H3,(H,14,15);1H. The Hall–Kier alpha value is -0.490. The van der Waals surface area contributed by atoms with Crippen molar-refractivity contribution in [3.63, 3.8) is 0 Å². The summed E-state index contributed by atoms with van der Waals surface area (Å²) < 4.78 is 35.4. The Kier molecular flexibility index (Phi) is 7.78. The lowest BCUT2D eigenvalue weighted by atomic mass is 9.94. The third-order valence-corrected chi connectivity index (χ3v) is 2.41.